The van der Waals surface area contributed by atoms with Crippen molar-refractivity contribution < 1.29 is 10.0 Å². The molecule has 11 heavy (non-hydrogen) atoms. The molecule has 0 heterocycles. The van der Waals surface area contributed by atoms with Crippen LogP contribution in [0, 0.1) is 5.92 Å². The van der Waals surface area contributed by atoms with Gasteiger partial charge in [-0.2, -0.15) is 0 Å². The maximum Gasteiger partial charge on any atom is 0.244 e. The van der Waals surface area contributed by atoms with Crippen molar-refractivity contribution in [2.24, 2.45) is 11.7 Å². The van der Waals surface area contributed by atoms with Crippen molar-refractivity contribution in [1.82, 2.24) is 5.48 Å². The number of carbonyl (C=O) groups excluding carboxylic acids is 1. The molecule has 0 radical (unpaired) electrons. The highest BCUT2D eigenvalue weighted by molar-refractivity contribution is 5.75. The van der Waals surface area contributed by atoms with Gasteiger partial charge in [0, 0.05) is 12.5 Å². The Morgan fingerprint density at radius 2 is 2.18 bits per heavy atom. The Bertz CT molecular complexity index is 126. The lowest BCUT2D eigenvalue weighted by Crippen LogP contribution is -2.30. The van der Waals surface area contributed by atoms with Gasteiger partial charge in [0.25, 0.3) is 0 Å². The quantitative estimate of drug-likeness (QED) is 0.408. The molecule has 1 amide bonds. The van der Waals surface area contributed by atoms with E-state index in [1.54, 1.807) is 5.48 Å². The van der Waals surface area contributed by atoms with E-state index in [9.17, 15) is 4.79 Å². The summed E-state index contributed by atoms with van der Waals surface area (Å²) in [4.78, 5) is 10.6. The van der Waals surface area contributed by atoms with E-state index in [2.05, 4.69) is 0 Å². The zero-order valence-corrected chi connectivity index (χ0v) is 7.00. The summed E-state index contributed by atoms with van der Waals surface area (Å²) in [6.45, 7) is 4.08. The average molecular weight is 160 g/mol. The molecule has 1 unspecified atom stereocenters. The summed E-state index contributed by atoms with van der Waals surface area (Å²) in [5.41, 5.74) is 7.13. The third-order valence-corrected chi connectivity index (χ3v) is 1.35. The molecule has 0 aliphatic carbocycles. The Morgan fingerprint density at radius 1 is 1.64 bits per heavy atom. The smallest absolute Gasteiger partial charge is 0.244 e. The molecule has 0 saturated heterocycles. The molecule has 4 nitrogen and oxygen atoms in total. The van der Waals surface area contributed by atoms with Crippen molar-refractivity contribution in [1.29, 1.82) is 0 Å². The predicted octanol–water partition coefficient (Wildman–Crippen LogP) is 0.255. The van der Waals surface area contributed by atoms with Crippen molar-refractivity contribution >= 4 is 5.91 Å². The van der Waals surface area contributed by atoms with Crippen molar-refractivity contribution in [3.8, 4) is 0 Å². The lowest BCUT2D eigenvalue weighted by Gasteiger charge is -2.11. The van der Waals surface area contributed by atoms with E-state index in [4.69, 9.17) is 10.9 Å². The number of rotatable bonds is 4. The SMILES string of the molecule is CC(C)CC(N)CC(=O)NO. The largest absolute Gasteiger partial charge is 0.327 e. The zero-order valence-electron chi connectivity index (χ0n) is 7.00. The highest BCUT2D eigenvalue weighted by Crippen LogP contribution is 2.04. The maximum absolute atomic E-state index is 10.6. The molecule has 0 fully saturated rings. The van der Waals surface area contributed by atoms with Gasteiger partial charge in [-0.1, -0.05) is 13.8 Å². The lowest BCUT2D eigenvalue weighted by atomic mass is 10.0. The van der Waals surface area contributed by atoms with E-state index < -0.39 is 5.91 Å². The molecule has 4 N–H and O–H groups in total. The lowest BCUT2D eigenvalue weighted by molar-refractivity contribution is -0.129. The molecule has 0 saturated carbocycles. The molecule has 1 atom stereocenters. The fourth-order valence-electron chi connectivity index (χ4n) is 0.973. The van der Waals surface area contributed by atoms with Crippen LogP contribution in [-0.2, 0) is 4.79 Å². The van der Waals surface area contributed by atoms with Gasteiger partial charge in [0.1, 0.15) is 0 Å². The standard InChI is InChI=1S/C7H16N2O2/c1-5(2)3-6(8)4-7(10)9-11/h5-6,11H,3-4,8H2,1-2H3,(H,9,10). The first kappa shape index (κ1) is 10.4. The monoisotopic (exact) mass is 160 g/mol. The highest BCUT2D eigenvalue weighted by atomic mass is 16.5. The van der Waals surface area contributed by atoms with Gasteiger partial charge in [-0.15, -0.1) is 0 Å². The summed E-state index contributed by atoms with van der Waals surface area (Å²) in [5.74, 6) is 0.0645. The van der Waals surface area contributed by atoms with Crippen molar-refractivity contribution in [2.75, 3.05) is 0 Å². The van der Waals surface area contributed by atoms with E-state index in [-0.39, 0.29) is 12.5 Å². The predicted molar refractivity (Wildman–Crippen MR) is 42.0 cm³/mol. The van der Waals surface area contributed by atoms with Gasteiger partial charge in [-0.25, -0.2) is 5.48 Å². The first-order valence-corrected chi connectivity index (χ1v) is 3.74. The molecular formula is C7H16N2O2. The van der Waals surface area contributed by atoms with E-state index in [0.717, 1.165) is 6.42 Å². The van der Waals surface area contributed by atoms with Crippen LogP contribution in [0.2, 0.25) is 0 Å². The minimum Gasteiger partial charge on any atom is -0.327 e. The van der Waals surface area contributed by atoms with E-state index in [0.29, 0.717) is 5.92 Å². The molecule has 0 rings (SSSR count). The Hall–Kier alpha value is -0.610. The van der Waals surface area contributed by atoms with Crippen LogP contribution in [0.1, 0.15) is 26.7 Å². The summed E-state index contributed by atoms with van der Waals surface area (Å²) < 4.78 is 0. The second-order valence-corrected chi connectivity index (χ2v) is 3.13. The van der Waals surface area contributed by atoms with E-state index >= 15 is 0 Å². The fraction of sp³-hybridized carbons (Fsp3) is 0.857. The van der Waals surface area contributed by atoms with Gasteiger partial charge < -0.3 is 5.73 Å². The second kappa shape index (κ2) is 5.09. The molecule has 66 valence electrons. The number of hydrogen-bond donors (Lipinski definition) is 3. The molecule has 4 heteroatoms. The molecular weight excluding hydrogens is 144 g/mol. The van der Waals surface area contributed by atoms with Crippen LogP contribution in [0.15, 0.2) is 0 Å². The van der Waals surface area contributed by atoms with Crippen LogP contribution >= 0.6 is 0 Å². The fourth-order valence-corrected chi connectivity index (χ4v) is 0.973. The third kappa shape index (κ3) is 5.82. The minimum absolute atomic E-state index is 0.151. The summed E-state index contributed by atoms with van der Waals surface area (Å²) in [6, 6.07) is -0.151. The second-order valence-electron chi connectivity index (χ2n) is 3.13. The zero-order chi connectivity index (χ0) is 8.85. The maximum atomic E-state index is 10.6. The number of hydroxylamine groups is 1. The number of hydrogen-bond acceptors (Lipinski definition) is 3. The van der Waals surface area contributed by atoms with Gasteiger partial charge in [0.15, 0.2) is 0 Å². The topological polar surface area (TPSA) is 75.4 Å². The third-order valence-electron chi connectivity index (χ3n) is 1.35. The van der Waals surface area contributed by atoms with Crippen LogP contribution < -0.4 is 11.2 Å². The average Bonchev–Trinajstić information content (AvgIpc) is 1.85. The Kier molecular flexibility index (Phi) is 4.81. The van der Waals surface area contributed by atoms with Crippen molar-refractivity contribution in [3.05, 3.63) is 0 Å². The van der Waals surface area contributed by atoms with Gasteiger partial charge in [0.2, 0.25) is 5.91 Å². The summed E-state index contributed by atoms with van der Waals surface area (Å²) in [6.07, 6.45) is 0.988. The Balaban J connectivity index is 3.51. The van der Waals surface area contributed by atoms with Gasteiger partial charge in [0.05, 0.1) is 0 Å². The molecule has 0 aliphatic rings. The van der Waals surface area contributed by atoms with E-state index in [1.807, 2.05) is 13.8 Å². The molecule has 0 aromatic rings. The van der Waals surface area contributed by atoms with Gasteiger partial charge >= 0.3 is 0 Å². The van der Waals surface area contributed by atoms with Crippen molar-refractivity contribution in [3.63, 3.8) is 0 Å². The van der Waals surface area contributed by atoms with E-state index in [1.165, 1.54) is 0 Å². The minimum atomic E-state index is -0.418. The molecule has 0 aliphatic heterocycles. The van der Waals surface area contributed by atoms with Gasteiger partial charge in [-0.05, 0) is 12.3 Å². The van der Waals surface area contributed by atoms with Crippen LogP contribution in [0.5, 0.6) is 0 Å². The summed E-state index contributed by atoms with van der Waals surface area (Å²) in [5, 5.41) is 8.16. The number of amides is 1. The number of carbonyl (C=O) groups is 1. The first-order chi connectivity index (χ1) is 5.06. The highest BCUT2D eigenvalue weighted by Gasteiger charge is 2.09. The Labute approximate surface area is 66.7 Å². The normalized spacial score (nSPS) is 13.2. The molecule has 0 aromatic carbocycles. The summed E-state index contributed by atoms with van der Waals surface area (Å²) >= 11 is 0. The molecule has 0 bridgehead atoms. The van der Waals surface area contributed by atoms with Crippen LogP contribution in [0.25, 0.3) is 0 Å². The molecule has 0 spiro atoms. The van der Waals surface area contributed by atoms with Crippen LogP contribution in [0.4, 0.5) is 0 Å². The first-order valence-electron chi connectivity index (χ1n) is 3.74. The Morgan fingerprint density at radius 3 is 2.55 bits per heavy atom. The van der Waals surface area contributed by atoms with Crippen LogP contribution in [-0.4, -0.2) is 17.2 Å². The number of nitrogens with one attached hydrogen (secondary N) is 1. The van der Waals surface area contributed by atoms with Crippen LogP contribution in [0.3, 0.4) is 0 Å². The van der Waals surface area contributed by atoms with Crippen molar-refractivity contribution in [2.45, 2.75) is 32.7 Å². The summed E-state index contributed by atoms with van der Waals surface area (Å²) in [7, 11) is 0. The molecule has 0 aromatic heterocycles. The number of nitrogens with two attached hydrogens (primary N) is 1. The van der Waals surface area contributed by atoms with Gasteiger partial charge in [-0.3, -0.25) is 10.0 Å².